The molecule has 5 atom stereocenters. The Morgan fingerprint density at radius 2 is 1.78 bits per heavy atom. The minimum absolute atomic E-state index is 0.0185. The van der Waals surface area contributed by atoms with Crippen molar-refractivity contribution in [2.45, 2.75) is 51.0 Å². The fraction of sp³-hybridized carbons (Fsp3) is 0.619. The summed E-state index contributed by atoms with van der Waals surface area (Å²) >= 11 is 0. The topological polar surface area (TPSA) is 70.1 Å². The summed E-state index contributed by atoms with van der Waals surface area (Å²) in [5, 5.41) is 9.85. The molecular formula is C21H28N2O4. The molecule has 2 aliphatic heterocycles. The third-order valence-electron chi connectivity index (χ3n) is 6.24. The van der Waals surface area contributed by atoms with Gasteiger partial charge in [0.25, 0.3) is 5.91 Å². The summed E-state index contributed by atoms with van der Waals surface area (Å²) in [6.07, 6.45) is 0.641. The highest BCUT2D eigenvalue weighted by atomic mass is 16.5. The maximum Gasteiger partial charge on any atom is 0.254 e. The molecule has 1 N–H and O–H groups in total. The van der Waals surface area contributed by atoms with E-state index in [1.54, 1.807) is 4.90 Å². The van der Waals surface area contributed by atoms with Gasteiger partial charge in [-0.1, -0.05) is 30.3 Å². The van der Waals surface area contributed by atoms with Crippen LogP contribution in [0.4, 0.5) is 0 Å². The zero-order chi connectivity index (χ0) is 19.1. The second-order valence-electron chi connectivity index (χ2n) is 8.37. The zero-order valence-electron chi connectivity index (χ0n) is 16.0. The highest BCUT2D eigenvalue weighted by molar-refractivity contribution is 5.87. The fourth-order valence-electron chi connectivity index (χ4n) is 5.06. The Kier molecular flexibility index (Phi) is 4.95. The van der Waals surface area contributed by atoms with Crippen LogP contribution < -0.4 is 0 Å². The molecule has 6 heteroatoms. The van der Waals surface area contributed by atoms with Crippen LogP contribution in [0.15, 0.2) is 30.3 Å². The number of likely N-dealkylation sites (tertiary alicyclic amines) is 1. The Hall–Kier alpha value is -1.92. The molecule has 6 nitrogen and oxygen atoms in total. The summed E-state index contributed by atoms with van der Waals surface area (Å²) in [5.41, 5.74) is 0.924. The summed E-state index contributed by atoms with van der Waals surface area (Å²) < 4.78 is 5.82. The van der Waals surface area contributed by atoms with Gasteiger partial charge in [0.2, 0.25) is 5.91 Å². The molecule has 146 valence electrons. The molecule has 2 heterocycles. The number of benzene rings is 1. The summed E-state index contributed by atoms with van der Waals surface area (Å²) in [7, 11) is 0. The molecule has 1 aliphatic carbocycles. The Labute approximate surface area is 160 Å². The number of amides is 2. The standard InChI is InChI=1S/C21H28N2O4/c1-13(2)23-18(25)12-27-20(19(23)14-6-4-3-5-7-14)21(26)22-10-15-8-17(24)9-16(15)11-22/h3-7,13,15-17,19-20,24H,8-12H2,1-2H3/t15-,16+,17?,19-,20+/m1/s1. The minimum Gasteiger partial charge on any atom is -0.393 e. The van der Waals surface area contributed by atoms with E-state index in [9.17, 15) is 14.7 Å². The Bertz CT molecular complexity index is 693. The Morgan fingerprint density at radius 3 is 2.37 bits per heavy atom. The largest absolute Gasteiger partial charge is 0.393 e. The van der Waals surface area contributed by atoms with Gasteiger partial charge in [0, 0.05) is 19.1 Å². The van der Waals surface area contributed by atoms with Crippen LogP contribution in [0.25, 0.3) is 0 Å². The van der Waals surface area contributed by atoms with E-state index in [1.165, 1.54) is 0 Å². The summed E-state index contributed by atoms with van der Waals surface area (Å²) in [4.78, 5) is 29.6. The van der Waals surface area contributed by atoms with Crippen LogP contribution in [0.1, 0.15) is 38.3 Å². The average Bonchev–Trinajstić information content (AvgIpc) is 3.18. The maximum absolute atomic E-state index is 13.4. The van der Waals surface area contributed by atoms with Crippen molar-refractivity contribution >= 4 is 11.8 Å². The van der Waals surface area contributed by atoms with Crippen LogP contribution in [0.5, 0.6) is 0 Å². The lowest BCUT2D eigenvalue weighted by atomic mass is 9.95. The first-order chi connectivity index (χ1) is 13.0. The van der Waals surface area contributed by atoms with Gasteiger partial charge in [-0.05, 0) is 44.1 Å². The lowest BCUT2D eigenvalue weighted by Crippen LogP contribution is -2.56. The van der Waals surface area contributed by atoms with Gasteiger partial charge in [-0.3, -0.25) is 9.59 Å². The summed E-state index contributed by atoms with van der Waals surface area (Å²) in [6.45, 7) is 5.25. The van der Waals surface area contributed by atoms with Gasteiger partial charge in [-0.25, -0.2) is 0 Å². The van der Waals surface area contributed by atoms with Crippen molar-refractivity contribution < 1.29 is 19.4 Å². The van der Waals surface area contributed by atoms with Crippen molar-refractivity contribution in [2.24, 2.45) is 11.8 Å². The van der Waals surface area contributed by atoms with Gasteiger partial charge in [-0.2, -0.15) is 0 Å². The second-order valence-corrected chi connectivity index (χ2v) is 8.37. The average molecular weight is 372 g/mol. The van der Waals surface area contributed by atoms with Gasteiger partial charge in [-0.15, -0.1) is 0 Å². The van der Waals surface area contributed by atoms with Crippen LogP contribution in [-0.2, 0) is 14.3 Å². The molecule has 0 spiro atoms. The van der Waals surface area contributed by atoms with Crippen molar-refractivity contribution in [3.05, 3.63) is 35.9 Å². The number of hydrogen-bond acceptors (Lipinski definition) is 4. The molecule has 2 amide bonds. The van der Waals surface area contributed by atoms with E-state index < -0.39 is 12.1 Å². The number of ether oxygens (including phenoxy) is 1. The highest BCUT2D eigenvalue weighted by Crippen LogP contribution is 2.40. The number of aliphatic hydroxyl groups excluding tert-OH is 1. The van der Waals surface area contributed by atoms with Gasteiger partial charge < -0.3 is 19.6 Å². The predicted molar refractivity (Wildman–Crippen MR) is 99.7 cm³/mol. The van der Waals surface area contributed by atoms with Crippen molar-refractivity contribution in [1.82, 2.24) is 9.80 Å². The van der Waals surface area contributed by atoms with E-state index in [-0.39, 0.29) is 30.6 Å². The number of fused-ring (bicyclic) bond motifs is 1. The number of hydrogen-bond donors (Lipinski definition) is 1. The van der Waals surface area contributed by atoms with E-state index >= 15 is 0 Å². The van der Waals surface area contributed by atoms with Gasteiger partial charge in [0.1, 0.15) is 6.61 Å². The quantitative estimate of drug-likeness (QED) is 0.875. The van der Waals surface area contributed by atoms with Crippen molar-refractivity contribution in [1.29, 1.82) is 0 Å². The smallest absolute Gasteiger partial charge is 0.254 e. The molecule has 0 aromatic heterocycles. The van der Waals surface area contributed by atoms with Crippen molar-refractivity contribution in [3.63, 3.8) is 0 Å². The molecule has 4 rings (SSSR count). The second kappa shape index (κ2) is 7.24. The van der Waals surface area contributed by atoms with E-state index in [2.05, 4.69) is 0 Å². The zero-order valence-corrected chi connectivity index (χ0v) is 16.0. The number of carbonyl (C=O) groups is 2. The SMILES string of the molecule is CC(C)N1C(=O)CO[C@H](C(=O)N2C[C@H]3CC(O)C[C@H]3C2)[C@H]1c1ccccc1. The third kappa shape index (κ3) is 3.36. The molecule has 0 bridgehead atoms. The summed E-state index contributed by atoms with van der Waals surface area (Å²) in [5.74, 6) is 0.645. The fourth-order valence-corrected chi connectivity index (χ4v) is 5.06. The molecule has 3 fully saturated rings. The maximum atomic E-state index is 13.4. The molecule has 1 aromatic carbocycles. The number of carbonyl (C=O) groups excluding carboxylic acids is 2. The van der Waals surface area contributed by atoms with Crippen LogP contribution in [-0.4, -0.2) is 64.7 Å². The lowest BCUT2D eigenvalue weighted by Gasteiger charge is -2.43. The van der Waals surface area contributed by atoms with Gasteiger partial charge >= 0.3 is 0 Å². The van der Waals surface area contributed by atoms with E-state index in [4.69, 9.17) is 4.74 Å². The van der Waals surface area contributed by atoms with E-state index in [0.717, 1.165) is 18.4 Å². The first kappa shape index (κ1) is 18.4. The molecule has 3 aliphatic rings. The first-order valence-electron chi connectivity index (χ1n) is 9.90. The molecule has 1 aromatic rings. The molecule has 1 saturated carbocycles. The normalized spacial score (nSPS) is 33.6. The Morgan fingerprint density at radius 1 is 1.15 bits per heavy atom. The van der Waals surface area contributed by atoms with Crippen LogP contribution in [0, 0.1) is 11.8 Å². The highest BCUT2D eigenvalue weighted by Gasteiger charge is 2.48. The van der Waals surface area contributed by atoms with Crippen LogP contribution in [0.3, 0.4) is 0 Å². The Balaban J connectivity index is 1.60. The third-order valence-corrected chi connectivity index (χ3v) is 6.24. The monoisotopic (exact) mass is 372 g/mol. The van der Waals surface area contributed by atoms with E-state index in [0.29, 0.717) is 24.9 Å². The molecule has 27 heavy (non-hydrogen) atoms. The number of morpholine rings is 1. The number of aliphatic hydroxyl groups is 1. The molecule has 1 unspecified atom stereocenters. The van der Waals surface area contributed by atoms with Crippen molar-refractivity contribution in [2.75, 3.05) is 19.7 Å². The summed E-state index contributed by atoms with van der Waals surface area (Å²) in [6, 6.07) is 9.26. The lowest BCUT2D eigenvalue weighted by molar-refractivity contribution is -0.171. The van der Waals surface area contributed by atoms with E-state index in [1.807, 2.05) is 49.1 Å². The number of nitrogens with zero attached hydrogens (tertiary/aromatic N) is 2. The van der Waals surface area contributed by atoms with Crippen LogP contribution in [0.2, 0.25) is 0 Å². The molecule has 2 saturated heterocycles. The molecule has 0 radical (unpaired) electrons. The number of rotatable bonds is 3. The first-order valence-corrected chi connectivity index (χ1v) is 9.90. The van der Waals surface area contributed by atoms with Crippen molar-refractivity contribution in [3.8, 4) is 0 Å². The predicted octanol–water partition coefficient (Wildman–Crippen LogP) is 1.59. The van der Waals surface area contributed by atoms with Gasteiger partial charge in [0.15, 0.2) is 6.10 Å². The van der Waals surface area contributed by atoms with Gasteiger partial charge in [0.05, 0.1) is 12.1 Å². The molecular weight excluding hydrogens is 344 g/mol. The van der Waals surface area contributed by atoms with Crippen LogP contribution >= 0.6 is 0 Å². The minimum atomic E-state index is -0.684.